The molecule has 6 rings (SSSR count). The highest BCUT2D eigenvalue weighted by molar-refractivity contribution is 6.10. The van der Waals surface area contributed by atoms with Gasteiger partial charge in [0.25, 0.3) is 5.91 Å². The van der Waals surface area contributed by atoms with Crippen molar-refractivity contribution in [2.45, 2.75) is 63.5 Å². The minimum Gasteiger partial charge on any atom is -0.319 e. The first-order valence-corrected chi connectivity index (χ1v) is 13.1. The van der Waals surface area contributed by atoms with E-state index in [1.165, 1.54) is 11.0 Å². The van der Waals surface area contributed by atoms with Crippen molar-refractivity contribution in [1.82, 2.24) is 25.0 Å². The van der Waals surface area contributed by atoms with Crippen LogP contribution in [0.5, 0.6) is 0 Å². The molecule has 1 saturated heterocycles. The molecule has 1 amide bonds. The summed E-state index contributed by atoms with van der Waals surface area (Å²) in [6.07, 6.45) is 1.31. The van der Waals surface area contributed by atoms with Crippen LogP contribution in [0.1, 0.15) is 77.1 Å². The molecule has 38 heavy (non-hydrogen) atoms. The average molecular weight is 525 g/mol. The van der Waals surface area contributed by atoms with Gasteiger partial charge in [-0.15, -0.1) is 10.2 Å². The SMILES string of the molecule is Cn1cnnc1[C@H](c1cccc(N2Cc3c(cc(CNC4(C)CCC4)cc3C(F)(F)F)C2=O)c1)N1CCC1. The third-order valence-electron chi connectivity index (χ3n) is 8.33. The molecular weight excluding hydrogens is 493 g/mol. The van der Waals surface area contributed by atoms with E-state index in [2.05, 4.69) is 27.3 Å². The number of nitrogens with one attached hydrogen (secondary N) is 1. The molecule has 7 nitrogen and oxygen atoms in total. The van der Waals surface area contributed by atoms with Crippen LogP contribution in [-0.2, 0) is 26.3 Å². The van der Waals surface area contributed by atoms with Crippen LogP contribution in [0.3, 0.4) is 0 Å². The summed E-state index contributed by atoms with van der Waals surface area (Å²) in [5, 5.41) is 11.8. The quantitative estimate of drug-likeness (QED) is 0.480. The maximum absolute atomic E-state index is 14.2. The summed E-state index contributed by atoms with van der Waals surface area (Å²) in [6.45, 7) is 4.10. The second-order valence-electron chi connectivity index (χ2n) is 11.0. The van der Waals surface area contributed by atoms with Crippen LogP contribution < -0.4 is 10.2 Å². The third-order valence-corrected chi connectivity index (χ3v) is 8.33. The summed E-state index contributed by atoms with van der Waals surface area (Å²) < 4.78 is 44.4. The molecule has 200 valence electrons. The van der Waals surface area contributed by atoms with Gasteiger partial charge in [-0.25, -0.2) is 0 Å². The smallest absolute Gasteiger partial charge is 0.319 e. The number of carbonyl (C=O) groups excluding carboxylic acids is 1. The maximum Gasteiger partial charge on any atom is 0.416 e. The standard InChI is InChI=1S/C28H31F3N6O/c1-27(8-4-9-27)32-15-18-12-21-22(23(13-18)28(29,30)31)16-37(26(21)38)20-7-3-6-19(14-20)24(36-10-5-11-36)25-34-33-17-35(25)2/h3,6-7,12-14,17,24,32H,4-5,8-11,15-16H2,1-2H3/t24-/m0/s1. The molecule has 3 heterocycles. The zero-order chi connectivity index (χ0) is 26.7. The van der Waals surface area contributed by atoms with Crippen molar-refractivity contribution in [3.8, 4) is 0 Å². The molecule has 1 atom stereocenters. The van der Waals surface area contributed by atoms with Gasteiger partial charge in [0.2, 0.25) is 0 Å². The molecule has 1 saturated carbocycles. The molecule has 10 heteroatoms. The number of anilines is 1. The van der Waals surface area contributed by atoms with E-state index in [4.69, 9.17) is 0 Å². The number of amides is 1. The largest absolute Gasteiger partial charge is 0.416 e. The Hall–Kier alpha value is -3.24. The number of halogens is 3. The molecule has 2 aliphatic heterocycles. The Morgan fingerprint density at radius 2 is 1.92 bits per heavy atom. The van der Waals surface area contributed by atoms with Crippen molar-refractivity contribution in [3.63, 3.8) is 0 Å². The van der Waals surface area contributed by atoms with Gasteiger partial charge >= 0.3 is 6.18 Å². The first-order chi connectivity index (χ1) is 18.1. The lowest BCUT2D eigenvalue weighted by Gasteiger charge is -2.39. The lowest BCUT2D eigenvalue weighted by molar-refractivity contribution is -0.138. The molecule has 0 unspecified atom stereocenters. The van der Waals surface area contributed by atoms with Crippen LogP contribution in [-0.4, -0.2) is 44.2 Å². The first-order valence-electron chi connectivity index (χ1n) is 13.1. The maximum atomic E-state index is 14.2. The van der Waals surface area contributed by atoms with E-state index in [1.807, 2.05) is 29.8 Å². The van der Waals surface area contributed by atoms with Gasteiger partial charge in [0.15, 0.2) is 5.82 Å². The van der Waals surface area contributed by atoms with Crippen LogP contribution in [0, 0.1) is 0 Å². The van der Waals surface area contributed by atoms with Gasteiger partial charge in [0.05, 0.1) is 18.2 Å². The van der Waals surface area contributed by atoms with E-state index in [1.54, 1.807) is 18.5 Å². The van der Waals surface area contributed by atoms with Gasteiger partial charge in [-0.1, -0.05) is 12.1 Å². The van der Waals surface area contributed by atoms with Crippen LogP contribution in [0.25, 0.3) is 0 Å². The second-order valence-corrected chi connectivity index (χ2v) is 11.0. The third kappa shape index (κ3) is 4.39. The molecule has 0 spiro atoms. The minimum absolute atomic E-state index is 0.0408. The van der Waals surface area contributed by atoms with Crippen LogP contribution in [0.2, 0.25) is 0 Å². The Bertz CT molecular complexity index is 1380. The summed E-state index contributed by atoms with van der Waals surface area (Å²) in [4.78, 5) is 17.3. The number of nitrogens with zero attached hydrogens (tertiary/aromatic N) is 5. The molecule has 0 radical (unpaired) electrons. The van der Waals surface area contributed by atoms with Crippen molar-refractivity contribution < 1.29 is 18.0 Å². The Morgan fingerprint density at radius 3 is 2.53 bits per heavy atom. The molecule has 2 aromatic carbocycles. The minimum atomic E-state index is -4.55. The molecule has 2 fully saturated rings. The first kappa shape index (κ1) is 25.1. The molecule has 1 aromatic heterocycles. The predicted molar refractivity (Wildman–Crippen MR) is 137 cm³/mol. The number of hydrogen-bond acceptors (Lipinski definition) is 5. The van der Waals surface area contributed by atoms with E-state index in [9.17, 15) is 18.0 Å². The van der Waals surface area contributed by atoms with Gasteiger partial charge in [-0.3, -0.25) is 9.69 Å². The summed E-state index contributed by atoms with van der Waals surface area (Å²) >= 11 is 0. The topological polar surface area (TPSA) is 66.3 Å². The van der Waals surface area contributed by atoms with E-state index >= 15 is 0 Å². The predicted octanol–water partition coefficient (Wildman–Crippen LogP) is 4.82. The average Bonchev–Trinajstić information content (AvgIpc) is 3.40. The number of hydrogen-bond donors (Lipinski definition) is 1. The van der Waals surface area contributed by atoms with Gasteiger partial charge in [0.1, 0.15) is 6.33 Å². The Kier molecular flexibility index (Phi) is 6.07. The van der Waals surface area contributed by atoms with E-state index in [-0.39, 0.29) is 29.3 Å². The summed E-state index contributed by atoms with van der Waals surface area (Å²) in [6, 6.07) is 10.2. The van der Waals surface area contributed by atoms with Crippen molar-refractivity contribution in [2.24, 2.45) is 7.05 Å². The fourth-order valence-electron chi connectivity index (χ4n) is 5.76. The second kappa shape index (κ2) is 9.20. The van der Waals surface area contributed by atoms with Crippen molar-refractivity contribution in [1.29, 1.82) is 0 Å². The lowest BCUT2D eigenvalue weighted by atomic mass is 9.78. The highest BCUT2D eigenvalue weighted by Crippen LogP contribution is 2.41. The van der Waals surface area contributed by atoms with Crippen LogP contribution in [0.15, 0.2) is 42.7 Å². The molecule has 3 aromatic rings. The number of alkyl halides is 3. The van der Waals surface area contributed by atoms with Crippen LogP contribution in [0.4, 0.5) is 18.9 Å². The van der Waals surface area contributed by atoms with Crippen molar-refractivity contribution >= 4 is 11.6 Å². The molecular formula is C28H31F3N6O. The highest BCUT2D eigenvalue weighted by atomic mass is 19.4. The Balaban J connectivity index is 1.33. The van der Waals surface area contributed by atoms with Gasteiger partial charge in [0, 0.05) is 43.5 Å². The zero-order valence-corrected chi connectivity index (χ0v) is 21.6. The highest BCUT2D eigenvalue weighted by Gasteiger charge is 2.41. The van der Waals surface area contributed by atoms with Gasteiger partial charge in [-0.05, 0) is 73.6 Å². The van der Waals surface area contributed by atoms with Crippen molar-refractivity contribution in [3.05, 3.63) is 76.4 Å². The summed E-state index contributed by atoms with van der Waals surface area (Å²) in [5.74, 6) is 0.382. The Morgan fingerprint density at radius 1 is 1.13 bits per heavy atom. The molecule has 0 bridgehead atoms. The number of rotatable bonds is 7. The fourth-order valence-corrected chi connectivity index (χ4v) is 5.76. The normalized spacial score (nSPS) is 19.7. The monoisotopic (exact) mass is 524 g/mol. The number of fused-ring (bicyclic) bond motifs is 1. The number of carbonyl (C=O) groups is 1. The molecule has 1 aliphatic carbocycles. The van der Waals surface area contributed by atoms with Crippen LogP contribution >= 0.6 is 0 Å². The number of aromatic nitrogens is 3. The molecule has 3 aliphatic rings. The Labute approximate surface area is 219 Å². The van der Waals surface area contributed by atoms with Gasteiger partial charge < -0.3 is 14.8 Å². The van der Waals surface area contributed by atoms with E-state index in [0.717, 1.165) is 50.2 Å². The number of likely N-dealkylation sites (tertiary alicyclic amines) is 1. The van der Waals surface area contributed by atoms with Crippen molar-refractivity contribution in [2.75, 3.05) is 18.0 Å². The van der Waals surface area contributed by atoms with Gasteiger partial charge in [-0.2, -0.15) is 13.2 Å². The summed E-state index contributed by atoms with van der Waals surface area (Å²) in [7, 11) is 1.89. The fraction of sp³-hybridized carbons (Fsp3) is 0.464. The lowest BCUT2D eigenvalue weighted by Crippen LogP contribution is -2.47. The summed E-state index contributed by atoms with van der Waals surface area (Å²) in [5.41, 5.74) is 1.38. The number of aryl methyl sites for hydroxylation is 1. The zero-order valence-electron chi connectivity index (χ0n) is 21.6. The van der Waals surface area contributed by atoms with E-state index < -0.39 is 17.6 Å². The number of benzene rings is 2. The molecule has 1 N–H and O–H groups in total. The van der Waals surface area contributed by atoms with E-state index in [0.29, 0.717) is 17.8 Å².